The van der Waals surface area contributed by atoms with E-state index in [1.54, 1.807) is 12.1 Å². The molecule has 0 fully saturated rings. The summed E-state index contributed by atoms with van der Waals surface area (Å²) in [4.78, 5) is 10.9. The van der Waals surface area contributed by atoms with Crippen molar-refractivity contribution in [2.75, 3.05) is 6.61 Å². The van der Waals surface area contributed by atoms with E-state index in [4.69, 9.17) is 21.1 Å². The molecule has 1 aromatic rings. The van der Waals surface area contributed by atoms with E-state index < -0.39 is 11.3 Å². The van der Waals surface area contributed by atoms with Crippen molar-refractivity contribution in [2.24, 2.45) is 0 Å². The van der Waals surface area contributed by atoms with Gasteiger partial charge < -0.3 is 9.47 Å². The van der Waals surface area contributed by atoms with Crippen molar-refractivity contribution in [3.63, 3.8) is 0 Å². The first-order chi connectivity index (χ1) is 6.77. The summed E-state index contributed by atoms with van der Waals surface area (Å²) in [6.07, 6.45) is -0.114. The van der Waals surface area contributed by atoms with Gasteiger partial charge in [-0.15, -0.1) is 0 Å². The van der Waals surface area contributed by atoms with Gasteiger partial charge in [-0.1, -0.05) is 12.1 Å². The van der Waals surface area contributed by atoms with Crippen molar-refractivity contribution in [2.45, 2.75) is 12.5 Å². The van der Waals surface area contributed by atoms with Crippen molar-refractivity contribution in [1.82, 2.24) is 0 Å². The van der Waals surface area contributed by atoms with Crippen molar-refractivity contribution in [3.05, 3.63) is 24.3 Å². The van der Waals surface area contributed by atoms with E-state index in [0.717, 1.165) is 0 Å². The minimum absolute atomic E-state index is 0.445. The predicted molar refractivity (Wildman–Crippen MR) is 51.8 cm³/mol. The molecular formula is C10H9ClO3. The predicted octanol–water partition coefficient (Wildman–Crippen LogP) is 1.98. The zero-order valence-electron chi connectivity index (χ0n) is 7.40. The maximum atomic E-state index is 10.9. The van der Waals surface area contributed by atoms with Gasteiger partial charge in [-0.05, 0) is 23.7 Å². The van der Waals surface area contributed by atoms with Crippen LogP contribution in [-0.2, 0) is 4.79 Å². The molecule has 0 radical (unpaired) electrons. The minimum atomic E-state index is -0.597. The van der Waals surface area contributed by atoms with Gasteiger partial charge in [0.2, 0.25) is 0 Å². The molecule has 14 heavy (non-hydrogen) atoms. The molecule has 1 aromatic carbocycles. The van der Waals surface area contributed by atoms with Gasteiger partial charge in [0.25, 0.3) is 5.24 Å². The van der Waals surface area contributed by atoms with Crippen LogP contribution in [0.25, 0.3) is 0 Å². The van der Waals surface area contributed by atoms with Crippen LogP contribution in [-0.4, -0.2) is 18.0 Å². The van der Waals surface area contributed by atoms with E-state index in [-0.39, 0.29) is 0 Å². The standard InChI is InChI=1S/C10H9ClO3/c11-10(12)9-5-6-13-7-3-1-2-4-8(7)14-9/h1-4,9H,5-6H2. The molecule has 0 aliphatic carbocycles. The molecule has 4 heteroatoms. The van der Waals surface area contributed by atoms with Gasteiger partial charge in [0.1, 0.15) is 0 Å². The average molecular weight is 213 g/mol. The smallest absolute Gasteiger partial charge is 0.262 e. The van der Waals surface area contributed by atoms with Crippen LogP contribution in [0.5, 0.6) is 11.5 Å². The molecule has 2 rings (SSSR count). The average Bonchev–Trinajstić information content (AvgIpc) is 2.39. The third-order valence-corrected chi connectivity index (χ3v) is 2.25. The number of carbonyl (C=O) groups is 1. The summed E-state index contributed by atoms with van der Waals surface area (Å²) in [5.74, 6) is 1.23. The lowest BCUT2D eigenvalue weighted by Gasteiger charge is -2.10. The fourth-order valence-electron chi connectivity index (χ4n) is 1.31. The largest absolute Gasteiger partial charge is 0.490 e. The Labute approximate surface area is 86.6 Å². The number of hydrogen-bond donors (Lipinski definition) is 0. The lowest BCUT2D eigenvalue weighted by molar-refractivity contribution is -0.118. The third-order valence-electron chi connectivity index (χ3n) is 2.01. The second-order valence-electron chi connectivity index (χ2n) is 2.99. The van der Waals surface area contributed by atoms with Gasteiger partial charge in [0.15, 0.2) is 17.6 Å². The molecule has 3 nitrogen and oxygen atoms in total. The van der Waals surface area contributed by atoms with E-state index in [0.29, 0.717) is 24.5 Å². The molecule has 1 unspecified atom stereocenters. The van der Waals surface area contributed by atoms with Crippen LogP contribution >= 0.6 is 11.6 Å². The Kier molecular flexibility index (Phi) is 2.59. The van der Waals surface area contributed by atoms with E-state index in [1.807, 2.05) is 12.1 Å². The summed E-state index contributed by atoms with van der Waals surface area (Å²) >= 11 is 5.38. The summed E-state index contributed by atoms with van der Waals surface area (Å²) in [5.41, 5.74) is 0. The van der Waals surface area contributed by atoms with Crippen LogP contribution in [0, 0.1) is 0 Å². The molecule has 1 heterocycles. The van der Waals surface area contributed by atoms with Gasteiger partial charge in [0, 0.05) is 6.42 Å². The van der Waals surface area contributed by atoms with Gasteiger partial charge in [-0.25, -0.2) is 0 Å². The quantitative estimate of drug-likeness (QED) is 0.668. The first-order valence-corrected chi connectivity index (χ1v) is 4.73. The Morgan fingerprint density at radius 1 is 1.36 bits per heavy atom. The number of ether oxygens (including phenoxy) is 2. The molecule has 0 saturated carbocycles. The highest BCUT2D eigenvalue weighted by Crippen LogP contribution is 2.30. The van der Waals surface area contributed by atoms with Gasteiger partial charge >= 0.3 is 0 Å². The molecule has 0 amide bonds. The molecule has 1 aliphatic heterocycles. The number of para-hydroxylation sites is 2. The second kappa shape index (κ2) is 3.88. The third kappa shape index (κ3) is 1.82. The number of hydrogen-bond acceptors (Lipinski definition) is 3. The number of benzene rings is 1. The van der Waals surface area contributed by atoms with Crippen LogP contribution in [0.4, 0.5) is 0 Å². The molecule has 0 saturated heterocycles. The fourth-order valence-corrected chi connectivity index (χ4v) is 1.47. The highest BCUT2D eigenvalue weighted by atomic mass is 35.5. The first-order valence-electron chi connectivity index (χ1n) is 4.35. The highest BCUT2D eigenvalue weighted by Gasteiger charge is 2.23. The monoisotopic (exact) mass is 212 g/mol. The lowest BCUT2D eigenvalue weighted by Crippen LogP contribution is -2.23. The topological polar surface area (TPSA) is 35.5 Å². The van der Waals surface area contributed by atoms with Crippen LogP contribution in [0.15, 0.2) is 24.3 Å². The van der Waals surface area contributed by atoms with Crippen molar-refractivity contribution >= 4 is 16.8 Å². The Morgan fingerprint density at radius 3 is 2.79 bits per heavy atom. The molecule has 0 spiro atoms. The molecule has 74 valence electrons. The van der Waals surface area contributed by atoms with Crippen LogP contribution in [0.3, 0.4) is 0 Å². The van der Waals surface area contributed by atoms with E-state index in [9.17, 15) is 4.79 Å². The first kappa shape index (κ1) is 9.34. The highest BCUT2D eigenvalue weighted by molar-refractivity contribution is 6.64. The number of halogens is 1. The maximum Gasteiger partial charge on any atom is 0.262 e. The number of rotatable bonds is 1. The normalized spacial score (nSPS) is 19.9. The Hall–Kier alpha value is -1.22. The summed E-state index contributed by atoms with van der Waals surface area (Å²) in [6, 6.07) is 7.23. The number of fused-ring (bicyclic) bond motifs is 1. The molecule has 0 bridgehead atoms. The van der Waals surface area contributed by atoms with Crippen molar-refractivity contribution in [1.29, 1.82) is 0 Å². The van der Waals surface area contributed by atoms with Crippen molar-refractivity contribution in [3.8, 4) is 11.5 Å². The Morgan fingerprint density at radius 2 is 2.07 bits per heavy atom. The van der Waals surface area contributed by atoms with Crippen molar-refractivity contribution < 1.29 is 14.3 Å². The lowest BCUT2D eigenvalue weighted by atomic mass is 10.3. The molecular weight excluding hydrogens is 204 g/mol. The summed E-state index contributed by atoms with van der Waals surface area (Å²) in [5, 5.41) is -0.481. The van der Waals surface area contributed by atoms with Crippen LogP contribution in [0.1, 0.15) is 6.42 Å². The van der Waals surface area contributed by atoms with Gasteiger partial charge in [0.05, 0.1) is 6.61 Å². The number of carbonyl (C=O) groups excluding carboxylic acids is 1. The second-order valence-corrected chi connectivity index (χ2v) is 3.37. The SMILES string of the molecule is O=C(Cl)C1CCOc2ccccc2O1. The Bertz CT molecular complexity index is 351. The van der Waals surface area contributed by atoms with Crippen LogP contribution in [0.2, 0.25) is 0 Å². The molecule has 1 aliphatic rings. The van der Waals surface area contributed by atoms with E-state index in [2.05, 4.69) is 0 Å². The molecule has 0 aromatic heterocycles. The van der Waals surface area contributed by atoms with Crippen LogP contribution < -0.4 is 9.47 Å². The molecule has 0 N–H and O–H groups in total. The van der Waals surface area contributed by atoms with Gasteiger partial charge in [-0.2, -0.15) is 0 Å². The fraction of sp³-hybridized carbons (Fsp3) is 0.300. The van der Waals surface area contributed by atoms with Gasteiger partial charge in [-0.3, -0.25) is 4.79 Å². The van der Waals surface area contributed by atoms with E-state index >= 15 is 0 Å². The maximum absolute atomic E-state index is 10.9. The Balaban J connectivity index is 2.26. The zero-order chi connectivity index (χ0) is 9.97. The summed E-state index contributed by atoms with van der Waals surface area (Å²) in [6.45, 7) is 0.445. The molecule has 1 atom stereocenters. The minimum Gasteiger partial charge on any atom is -0.490 e. The van der Waals surface area contributed by atoms with E-state index in [1.165, 1.54) is 0 Å². The summed E-state index contributed by atoms with van der Waals surface area (Å²) in [7, 11) is 0. The zero-order valence-corrected chi connectivity index (χ0v) is 8.16. The summed E-state index contributed by atoms with van der Waals surface area (Å²) < 4.78 is 10.8.